The van der Waals surface area contributed by atoms with E-state index >= 15 is 0 Å². The Morgan fingerprint density at radius 1 is 1.10 bits per heavy atom. The summed E-state index contributed by atoms with van der Waals surface area (Å²) in [5.41, 5.74) is 4.40. The third kappa shape index (κ3) is 5.06. The fourth-order valence-electron chi connectivity index (χ4n) is 3.71. The number of nitrogens with zero attached hydrogens (tertiary/aromatic N) is 3. The maximum atomic E-state index is 12.9. The van der Waals surface area contributed by atoms with Crippen molar-refractivity contribution in [1.29, 1.82) is 0 Å². The molecule has 0 saturated carbocycles. The van der Waals surface area contributed by atoms with E-state index in [4.69, 9.17) is 0 Å². The number of carboxylic acid groups (broad SMARTS) is 1. The van der Waals surface area contributed by atoms with Gasteiger partial charge in [-0.05, 0) is 48.2 Å². The summed E-state index contributed by atoms with van der Waals surface area (Å²) < 4.78 is 1.29. The Morgan fingerprint density at radius 2 is 1.81 bits per heavy atom. The zero-order valence-corrected chi connectivity index (χ0v) is 17.8. The molecule has 3 rings (SSSR count). The number of rotatable bonds is 7. The van der Waals surface area contributed by atoms with E-state index in [1.165, 1.54) is 21.7 Å². The van der Waals surface area contributed by atoms with Crippen LogP contribution >= 0.6 is 0 Å². The molecule has 1 atom stereocenters. The molecule has 1 aromatic carbocycles. The van der Waals surface area contributed by atoms with Crippen molar-refractivity contribution in [3.05, 3.63) is 88.1 Å². The smallest absolute Gasteiger partial charge is 0.305 e. The molecule has 3 aromatic rings. The lowest BCUT2D eigenvalue weighted by Crippen LogP contribution is -2.37. The summed E-state index contributed by atoms with van der Waals surface area (Å²) in [6.45, 7) is 3.85. The van der Waals surface area contributed by atoms with Gasteiger partial charge in [0.15, 0.2) is 0 Å². The number of carbonyl (C=O) groups excluding carboxylic acids is 1. The maximum Gasteiger partial charge on any atom is 0.305 e. The third-order valence-electron chi connectivity index (χ3n) is 5.35. The zero-order chi connectivity index (χ0) is 22.5. The van der Waals surface area contributed by atoms with E-state index in [1.807, 2.05) is 38.1 Å². The van der Waals surface area contributed by atoms with E-state index in [9.17, 15) is 19.5 Å². The molecule has 160 valence electrons. The van der Waals surface area contributed by atoms with Gasteiger partial charge in [0.2, 0.25) is 5.91 Å². The second-order valence-corrected chi connectivity index (χ2v) is 7.56. The Kier molecular flexibility index (Phi) is 6.65. The van der Waals surface area contributed by atoms with Crippen LogP contribution in [0.25, 0.3) is 11.1 Å². The monoisotopic (exact) mass is 419 g/mol. The second-order valence-electron chi connectivity index (χ2n) is 7.56. The van der Waals surface area contributed by atoms with Gasteiger partial charge in [-0.1, -0.05) is 24.3 Å². The number of likely N-dealkylation sites (N-methyl/N-ethyl adjacent to an activating group) is 1. The quantitative estimate of drug-likeness (QED) is 0.635. The molecule has 1 N–H and O–H groups in total. The lowest BCUT2D eigenvalue weighted by Gasteiger charge is -2.28. The lowest BCUT2D eigenvalue weighted by molar-refractivity contribution is -0.140. The van der Waals surface area contributed by atoms with Crippen molar-refractivity contribution in [2.24, 2.45) is 0 Å². The van der Waals surface area contributed by atoms with Gasteiger partial charge >= 0.3 is 5.97 Å². The number of aryl methyl sites for hydroxylation is 2. The number of benzene rings is 1. The largest absolute Gasteiger partial charge is 0.481 e. The Labute approximate surface area is 180 Å². The normalized spacial score (nSPS) is 11.7. The number of aromatic nitrogens is 2. The summed E-state index contributed by atoms with van der Waals surface area (Å²) in [7, 11) is 1.55. The Balaban J connectivity index is 1.95. The highest BCUT2D eigenvalue weighted by molar-refractivity contribution is 5.78. The van der Waals surface area contributed by atoms with Crippen LogP contribution < -0.4 is 5.56 Å². The van der Waals surface area contributed by atoms with E-state index in [2.05, 4.69) is 4.98 Å². The molecule has 7 nitrogen and oxygen atoms in total. The molecule has 0 aliphatic carbocycles. The van der Waals surface area contributed by atoms with Crippen molar-refractivity contribution >= 4 is 11.9 Å². The van der Waals surface area contributed by atoms with Gasteiger partial charge in [-0.2, -0.15) is 0 Å². The first-order valence-corrected chi connectivity index (χ1v) is 9.92. The summed E-state index contributed by atoms with van der Waals surface area (Å²) in [6, 6.07) is 11.8. The molecular formula is C24H25N3O4. The molecule has 2 heterocycles. The van der Waals surface area contributed by atoms with Gasteiger partial charge in [0.05, 0.1) is 12.5 Å². The molecule has 0 saturated heterocycles. The van der Waals surface area contributed by atoms with Crippen molar-refractivity contribution in [3.63, 3.8) is 0 Å². The molecule has 0 bridgehead atoms. The topological polar surface area (TPSA) is 92.5 Å². The van der Waals surface area contributed by atoms with Gasteiger partial charge in [-0.3, -0.25) is 19.4 Å². The average molecular weight is 419 g/mol. The molecule has 7 heteroatoms. The minimum absolute atomic E-state index is 0.170. The first kappa shape index (κ1) is 22.0. The van der Waals surface area contributed by atoms with Crippen molar-refractivity contribution in [2.45, 2.75) is 32.9 Å². The molecule has 1 unspecified atom stereocenters. The number of carboxylic acids is 1. The molecule has 0 aliphatic heterocycles. The van der Waals surface area contributed by atoms with Crippen LogP contribution in [-0.2, 0) is 16.1 Å². The van der Waals surface area contributed by atoms with E-state index in [0.29, 0.717) is 5.56 Å². The molecule has 2 aromatic heterocycles. The Bertz CT molecular complexity index is 1150. The highest BCUT2D eigenvalue weighted by Crippen LogP contribution is 2.31. The molecule has 0 radical (unpaired) electrons. The van der Waals surface area contributed by atoms with Gasteiger partial charge in [-0.15, -0.1) is 0 Å². The van der Waals surface area contributed by atoms with Crippen molar-refractivity contribution in [1.82, 2.24) is 14.5 Å². The van der Waals surface area contributed by atoms with Crippen LogP contribution in [0.3, 0.4) is 0 Å². The summed E-state index contributed by atoms with van der Waals surface area (Å²) in [5.74, 6) is -1.39. The summed E-state index contributed by atoms with van der Waals surface area (Å²) >= 11 is 0. The lowest BCUT2D eigenvalue weighted by atomic mass is 9.94. The fraction of sp³-hybridized carbons (Fsp3) is 0.250. The molecule has 0 spiro atoms. The zero-order valence-electron chi connectivity index (χ0n) is 17.8. The molecule has 0 fully saturated rings. The molecule has 0 aliphatic rings. The van der Waals surface area contributed by atoms with Crippen LogP contribution in [0, 0.1) is 13.8 Å². The Hall–Kier alpha value is -3.74. The standard InChI is InChI=1S/C24H25N3O4/c1-16-7-6-8-17(2)24(16)19-11-18(13-25-14-19)20(12-23(30)31)26(3)22(29)15-27-10-5-4-9-21(27)28/h4-11,13-14,20H,12,15H2,1-3H3,(H,30,31). The SMILES string of the molecule is Cc1cccc(C)c1-c1cncc(C(CC(=O)O)N(C)C(=O)Cn2ccccc2=O)c1. The predicted octanol–water partition coefficient (Wildman–Crippen LogP) is 3.20. The van der Waals surface area contributed by atoms with Gasteiger partial charge in [0, 0.05) is 37.3 Å². The van der Waals surface area contributed by atoms with E-state index in [-0.39, 0.29) is 24.4 Å². The van der Waals surface area contributed by atoms with Crippen LogP contribution in [0.5, 0.6) is 0 Å². The van der Waals surface area contributed by atoms with Gasteiger partial charge in [-0.25, -0.2) is 0 Å². The fourth-order valence-corrected chi connectivity index (χ4v) is 3.71. The van der Waals surface area contributed by atoms with Crippen LogP contribution in [0.4, 0.5) is 0 Å². The summed E-state index contributed by atoms with van der Waals surface area (Å²) in [5, 5.41) is 9.47. The van der Waals surface area contributed by atoms with E-state index < -0.39 is 12.0 Å². The number of hydrogen-bond acceptors (Lipinski definition) is 4. The minimum Gasteiger partial charge on any atom is -0.481 e. The van der Waals surface area contributed by atoms with Crippen molar-refractivity contribution in [2.75, 3.05) is 7.05 Å². The summed E-state index contributed by atoms with van der Waals surface area (Å²) in [4.78, 5) is 42.1. The minimum atomic E-state index is -1.03. The van der Waals surface area contributed by atoms with Gasteiger partial charge in [0.1, 0.15) is 6.54 Å². The highest BCUT2D eigenvalue weighted by Gasteiger charge is 2.25. The summed E-state index contributed by atoms with van der Waals surface area (Å²) in [6.07, 6.45) is 4.58. The molecular weight excluding hydrogens is 394 g/mol. The van der Waals surface area contributed by atoms with E-state index in [0.717, 1.165) is 22.3 Å². The second kappa shape index (κ2) is 9.38. The number of aliphatic carboxylic acids is 1. The highest BCUT2D eigenvalue weighted by atomic mass is 16.4. The van der Waals surface area contributed by atoms with Gasteiger partial charge in [0.25, 0.3) is 5.56 Å². The van der Waals surface area contributed by atoms with Crippen LogP contribution in [0.15, 0.2) is 65.8 Å². The number of carbonyl (C=O) groups is 2. The van der Waals surface area contributed by atoms with Crippen LogP contribution in [-0.4, -0.2) is 38.5 Å². The predicted molar refractivity (Wildman–Crippen MR) is 118 cm³/mol. The average Bonchev–Trinajstić information content (AvgIpc) is 2.73. The Morgan fingerprint density at radius 3 is 2.45 bits per heavy atom. The van der Waals surface area contributed by atoms with Gasteiger partial charge < -0.3 is 14.6 Å². The number of pyridine rings is 2. The first-order valence-electron chi connectivity index (χ1n) is 9.92. The third-order valence-corrected chi connectivity index (χ3v) is 5.35. The van der Waals surface area contributed by atoms with Crippen molar-refractivity contribution < 1.29 is 14.7 Å². The molecule has 31 heavy (non-hydrogen) atoms. The van der Waals surface area contributed by atoms with E-state index in [1.54, 1.807) is 31.6 Å². The molecule has 1 amide bonds. The van der Waals surface area contributed by atoms with Crippen LogP contribution in [0.2, 0.25) is 0 Å². The maximum absolute atomic E-state index is 12.9. The number of amides is 1. The number of hydrogen-bond donors (Lipinski definition) is 1. The van der Waals surface area contributed by atoms with Crippen LogP contribution in [0.1, 0.15) is 29.2 Å². The van der Waals surface area contributed by atoms with Crippen molar-refractivity contribution in [3.8, 4) is 11.1 Å². The first-order chi connectivity index (χ1) is 14.8.